The van der Waals surface area contributed by atoms with E-state index in [0.717, 1.165) is 0 Å². The van der Waals surface area contributed by atoms with E-state index in [9.17, 15) is 0 Å². The Morgan fingerprint density at radius 2 is 2.25 bits per heavy atom. The van der Waals surface area contributed by atoms with E-state index in [1.165, 1.54) is 36.8 Å². The van der Waals surface area contributed by atoms with Gasteiger partial charge in [0.25, 0.3) is 0 Å². The van der Waals surface area contributed by atoms with Gasteiger partial charge in [-0.2, -0.15) is 0 Å². The summed E-state index contributed by atoms with van der Waals surface area (Å²) in [5, 5.41) is 0. The summed E-state index contributed by atoms with van der Waals surface area (Å²) in [6.45, 7) is 4.22. The number of allylic oxidation sites excluding steroid dienone is 6. The van der Waals surface area contributed by atoms with Gasteiger partial charge in [0.05, 0.1) is 0 Å². The average Bonchev–Trinajstić information content (AvgIpc) is 2.06. The molecular formula is C12H18. The molecule has 0 saturated heterocycles. The lowest BCUT2D eigenvalue weighted by molar-refractivity contribution is 0.711. The Kier molecular flexibility index (Phi) is 3.86. The number of hydrogen-bond donors (Lipinski definition) is 0. The summed E-state index contributed by atoms with van der Waals surface area (Å²) >= 11 is 0. The van der Waals surface area contributed by atoms with E-state index < -0.39 is 0 Å². The molecular weight excluding hydrogens is 144 g/mol. The lowest BCUT2D eigenvalue weighted by atomic mass is 9.98. The van der Waals surface area contributed by atoms with Gasteiger partial charge >= 0.3 is 0 Å². The summed E-state index contributed by atoms with van der Waals surface area (Å²) in [6, 6.07) is 0. The van der Waals surface area contributed by atoms with E-state index in [-0.39, 0.29) is 0 Å². The molecule has 1 aliphatic rings. The van der Waals surface area contributed by atoms with Crippen molar-refractivity contribution in [1.82, 2.24) is 0 Å². The van der Waals surface area contributed by atoms with Crippen LogP contribution in [0.3, 0.4) is 0 Å². The van der Waals surface area contributed by atoms with E-state index >= 15 is 0 Å². The van der Waals surface area contributed by atoms with Crippen molar-refractivity contribution in [3.8, 4) is 0 Å². The molecule has 0 nitrogen and oxygen atoms in total. The summed E-state index contributed by atoms with van der Waals surface area (Å²) in [7, 11) is 0. The summed E-state index contributed by atoms with van der Waals surface area (Å²) in [5.74, 6) is 0. The van der Waals surface area contributed by atoms with Gasteiger partial charge in [0, 0.05) is 0 Å². The molecule has 66 valence electrons. The molecule has 1 aliphatic carbocycles. The molecule has 0 heteroatoms. The summed E-state index contributed by atoms with van der Waals surface area (Å²) in [5.41, 5.74) is 2.89. The quantitative estimate of drug-likeness (QED) is 0.538. The Morgan fingerprint density at radius 1 is 1.42 bits per heavy atom. The third-order valence-corrected chi connectivity index (χ3v) is 2.17. The molecule has 0 aromatic heterocycles. The molecule has 0 aromatic rings. The van der Waals surface area contributed by atoms with Crippen molar-refractivity contribution in [2.45, 2.75) is 39.5 Å². The minimum absolute atomic E-state index is 1.27. The Bertz CT molecular complexity index is 216. The van der Waals surface area contributed by atoms with Gasteiger partial charge in [0.15, 0.2) is 0 Å². The van der Waals surface area contributed by atoms with Crippen LogP contribution >= 0.6 is 0 Å². The fourth-order valence-corrected chi connectivity index (χ4v) is 1.60. The van der Waals surface area contributed by atoms with Crippen LogP contribution in [0.1, 0.15) is 39.5 Å². The van der Waals surface area contributed by atoms with Crippen molar-refractivity contribution in [2.75, 3.05) is 0 Å². The maximum Gasteiger partial charge on any atom is -0.0282 e. The van der Waals surface area contributed by atoms with Crippen LogP contribution in [0.5, 0.6) is 0 Å². The maximum absolute atomic E-state index is 2.37. The second-order valence-electron chi connectivity index (χ2n) is 3.41. The largest absolute Gasteiger partial charge is 0.0874 e. The predicted molar refractivity (Wildman–Crippen MR) is 55.1 cm³/mol. The zero-order chi connectivity index (χ0) is 8.81. The van der Waals surface area contributed by atoms with E-state index in [1.54, 1.807) is 0 Å². The van der Waals surface area contributed by atoms with Crippen LogP contribution < -0.4 is 0 Å². The molecule has 0 saturated carbocycles. The first kappa shape index (κ1) is 9.31. The third-order valence-electron chi connectivity index (χ3n) is 2.17. The summed E-state index contributed by atoms with van der Waals surface area (Å²) in [6.07, 6.45) is 14.2. The Labute approximate surface area is 75.7 Å². The predicted octanol–water partition coefficient (Wildman–Crippen LogP) is 4.01. The number of hydrogen-bond acceptors (Lipinski definition) is 0. The average molecular weight is 162 g/mol. The van der Waals surface area contributed by atoms with Crippen LogP contribution in [0.15, 0.2) is 35.5 Å². The lowest BCUT2D eigenvalue weighted by Crippen LogP contribution is -1.88. The monoisotopic (exact) mass is 162 g/mol. The van der Waals surface area contributed by atoms with Crippen molar-refractivity contribution in [3.63, 3.8) is 0 Å². The highest BCUT2D eigenvalue weighted by Crippen LogP contribution is 2.19. The van der Waals surface area contributed by atoms with Crippen LogP contribution in [-0.2, 0) is 0 Å². The van der Waals surface area contributed by atoms with Crippen LogP contribution in [0.4, 0.5) is 0 Å². The number of rotatable bonds is 2. The van der Waals surface area contributed by atoms with Gasteiger partial charge < -0.3 is 0 Å². The molecule has 0 aliphatic heterocycles. The molecule has 0 spiro atoms. The molecule has 0 radical (unpaired) electrons. The van der Waals surface area contributed by atoms with Crippen LogP contribution in [0, 0.1) is 0 Å². The lowest BCUT2D eigenvalue weighted by Gasteiger charge is -2.08. The highest BCUT2D eigenvalue weighted by atomic mass is 14.1. The van der Waals surface area contributed by atoms with Crippen molar-refractivity contribution in [3.05, 3.63) is 35.5 Å². The van der Waals surface area contributed by atoms with Crippen molar-refractivity contribution < 1.29 is 0 Å². The Balaban J connectivity index is 2.58. The minimum Gasteiger partial charge on any atom is -0.0874 e. The highest BCUT2D eigenvalue weighted by Gasteiger charge is 1.99. The van der Waals surface area contributed by atoms with E-state index in [0.29, 0.717) is 0 Å². The van der Waals surface area contributed by atoms with Gasteiger partial charge in [-0.25, -0.2) is 0 Å². The Morgan fingerprint density at radius 3 is 2.83 bits per heavy atom. The first-order chi connectivity index (χ1) is 5.83. The molecule has 0 bridgehead atoms. The molecule has 0 unspecified atom stereocenters. The first-order valence-corrected chi connectivity index (χ1v) is 4.83. The van der Waals surface area contributed by atoms with Gasteiger partial charge in [-0.1, -0.05) is 35.5 Å². The fourth-order valence-electron chi connectivity index (χ4n) is 1.60. The second kappa shape index (κ2) is 4.97. The van der Waals surface area contributed by atoms with Crippen LogP contribution in [-0.4, -0.2) is 0 Å². The van der Waals surface area contributed by atoms with Gasteiger partial charge in [0.1, 0.15) is 0 Å². The van der Waals surface area contributed by atoms with Gasteiger partial charge in [-0.3, -0.25) is 0 Å². The minimum atomic E-state index is 1.27. The molecule has 12 heavy (non-hydrogen) atoms. The van der Waals surface area contributed by atoms with Gasteiger partial charge in [-0.05, 0) is 39.5 Å². The smallest absolute Gasteiger partial charge is 0.0282 e. The molecule has 0 amide bonds. The van der Waals surface area contributed by atoms with Crippen molar-refractivity contribution in [2.24, 2.45) is 0 Å². The van der Waals surface area contributed by atoms with Crippen molar-refractivity contribution in [1.29, 1.82) is 0 Å². The van der Waals surface area contributed by atoms with Gasteiger partial charge in [0.2, 0.25) is 0 Å². The molecule has 1 rings (SSSR count). The SMILES string of the molecule is C/C=C\C(C)=C\C1=CCCCC1. The van der Waals surface area contributed by atoms with Crippen LogP contribution in [0.25, 0.3) is 0 Å². The summed E-state index contributed by atoms with van der Waals surface area (Å²) in [4.78, 5) is 0. The Hall–Kier alpha value is -0.780. The van der Waals surface area contributed by atoms with E-state index in [2.05, 4.69) is 38.2 Å². The van der Waals surface area contributed by atoms with Crippen LogP contribution in [0.2, 0.25) is 0 Å². The maximum atomic E-state index is 2.37. The van der Waals surface area contributed by atoms with E-state index in [1.807, 2.05) is 0 Å². The first-order valence-electron chi connectivity index (χ1n) is 4.83. The molecule has 0 aromatic carbocycles. The van der Waals surface area contributed by atoms with Gasteiger partial charge in [-0.15, -0.1) is 0 Å². The van der Waals surface area contributed by atoms with E-state index in [4.69, 9.17) is 0 Å². The standard InChI is InChI=1S/C12H18/c1-3-7-11(2)10-12-8-5-4-6-9-12/h3,7-8,10H,4-6,9H2,1-2H3/b7-3-,11-10+. The highest BCUT2D eigenvalue weighted by molar-refractivity contribution is 5.29. The molecule has 0 fully saturated rings. The van der Waals surface area contributed by atoms with Crippen molar-refractivity contribution >= 4 is 0 Å². The zero-order valence-electron chi connectivity index (χ0n) is 8.14. The third kappa shape index (κ3) is 3.08. The molecule has 0 heterocycles. The molecule has 0 atom stereocenters. The summed E-state index contributed by atoms with van der Waals surface area (Å²) < 4.78 is 0. The zero-order valence-corrected chi connectivity index (χ0v) is 8.14. The molecule has 0 N–H and O–H groups in total. The fraction of sp³-hybridized carbons (Fsp3) is 0.500. The topological polar surface area (TPSA) is 0 Å². The second-order valence-corrected chi connectivity index (χ2v) is 3.41. The normalized spacial score (nSPS) is 19.8.